The van der Waals surface area contributed by atoms with Gasteiger partial charge in [0.05, 0.1) is 22.5 Å². The molecule has 0 aliphatic rings. The maximum Gasteiger partial charge on any atom is 0.252 e. The standard InChI is InChI=1S/C18H20Cl2N2O3S/c1-22(26(2,24)25)15-9-10-16(17(20)12-15)18(23)21-11-3-4-13-5-7-14(19)8-6-13/h5-10,12H,3-4,11H2,1-2H3,(H,21,23). The number of nitrogens with one attached hydrogen (secondary N) is 1. The average Bonchev–Trinajstić information content (AvgIpc) is 2.58. The van der Waals surface area contributed by atoms with Gasteiger partial charge in [0.25, 0.3) is 5.91 Å². The van der Waals surface area contributed by atoms with Crippen LogP contribution in [0.5, 0.6) is 0 Å². The second kappa shape index (κ2) is 8.75. The first-order valence-electron chi connectivity index (χ1n) is 7.94. The van der Waals surface area contributed by atoms with Crippen molar-refractivity contribution in [1.82, 2.24) is 5.32 Å². The van der Waals surface area contributed by atoms with Gasteiger partial charge in [0.15, 0.2) is 0 Å². The number of carbonyl (C=O) groups excluding carboxylic acids is 1. The summed E-state index contributed by atoms with van der Waals surface area (Å²) >= 11 is 12.0. The Balaban J connectivity index is 1.92. The van der Waals surface area contributed by atoms with Crippen LogP contribution < -0.4 is 9.62 Å². The summed E-state index contributed by atoms with van der Waals surface area (Å²) in [5.41, 5.74) is 1.86. The highest BCUT2D eigenvalue weighted by molar-refractivity contribution is 7.92. The molecule has 2 aromatic carbocycles. The lowest BCUT2D eigenvalue weighted by atomic mass is 10.1. The molecule has 0 heterocycles. The second-order valence-corrected chi connectivity index (χ2v) is 8.74. The van der Waals surface area contributed by atoms with Crippen LogP contribution in [0.1, 0.15) is 22.3 Å². The number of hydrogen-bond donors (Lipinski definition) is 1. The Morgan fingerprint density at radius 1 is 1.12 bits per heavy atom. The monoisotopic (exact) mass is 414 g/mol. The number of sulfonamides is 1. The summed E-state index contributed by atoms with van der Waals surface area (Å²) in [6.07, 6.45) is 2.70. The van der Waals surface area contributed by atoms with Gasteiger partial charge < -0.3 is 5.32 Å². The molecule has 0 aliphatic heterocycles. The molecule has 2 aromatic rings. The van der Waals surface area contributed by atoms with E-state index in [9.17, 15) is 13.2 Å². The van der Waals surface area contributed by atoms with Crippen LogP contribution in [-0.4, -0.2) is 34.2 Å². The summed E-state index contributed by atoms with van der Waals surface area (Å²) < 4.78 is 24.2. The molecule has 0 unspecified atom stereocenters. The third kappa shape index (κ3) is 5.62. The van der Waals surface area contributed by atoms with Crippen LogP contribution in [-0.2, 0) is 16.4 Å². The third-order valence-corrected chi connectivity index (χ3v) is 5.67. The Bertz CT molecular complexity index is 884. The molecule has 2 rings (SSSR count). The highest BCUT2D eigenvalue weighted by Gasteiger charge is 2.16. The number of hydrogen-bond acceptors (Lipinski definition) is 3. The van der Waals surface area contributed by atoms with E-state index in [1.54, 1.807) is 6.07 Å². The zero-order chi connectivity index (χ0) is 19.3. The largest absolute Gasteiger partial charge is 0.352 e. The number of benzene rings is 2. The van der Waals surface area contributed by atoms with Gasteiger partial charge in [-0.25, -0.2) is 8.42 Å². The van der Waals surface area contributed by atoms with Crippen LogP contribution in [0.4, 0.5) is 5.69 Å². The first-order valence-corrected chi connectivity index (χ1v) is 10.5. The van der Waals surface area contributed by atoms with E-state index < -0.39 is 10.0 Å². The summed E-state index contributed by atoms with van der Waals surface area (Å²) in [7, 11) is -1.96. The first-order chi connectivity index (χ1) is 12.2. The van der Waals surface area contributed by atoms with Crippen molar-refractivity contribution in [3.63, 3.8) is 0 Å². The maximum absolute atomic E-state index is 12.3. The van der Waals surface area contributed by atoms with E-state index in [0.717, 1.165) is 29.0 Å². The van der Waals surface area contributed by atoms with Gasteiger partial charge >= 0.3 is 0 Å². The van der Waals surface area contributed by atoms with E-state index in [1.165, 1.54) is 19.2 Å². The molecule has 0 atom stereocenters. The zero-order valence-corrected chi connectivity index (χ0v) is 16.8. The molecule has 1 N–H and O–H groups in total. The Labute approximate surface area is 164 Å². The van der Waals surface area contributed by atoms with Gasteiger partial charge in [0.1, 0.15) is 0 Å². The molecule has 0 aliphatic carbocycles. The smallest absolute Gasteiger partial charge is 0.252 e. The Kier molecular flexibility index (Phi) is 6.92. The van der Waals surface area contributed by atoms with Crippen LogP contribution in [0.25, 0.3) is 0 Å². The number of carbonyl (C=O) groups is 1. The maximum atomic E-state index is 12.3. The minimum Gasteiger partial charge on any atom is -0.352 e. The topological polar surface area (TPSA) is 66.5 Å². The number of halogens is 2. The molecule has 0 spiro atoms. The van der Waals surface area contributed by atoms with Crippen molar-refractivity contribution in [2.24, 2.45) is 0 Å². The lowest BCUT2D eigenvalue weighted by Crippen LogP contribution is -2.26. The quantitative estimate of drug-likeness (QED) is 0.701. The normalized spacial score (nSPS) is 11.2. The minimum absolute atomic E-state index is 0.202. The fourth-order valence-corrected chi connectivity index (χ4v) is 3.20. The summed E-state index contributed by atoms with van der Waals surface area (Å²) in [4.78, 5) is 12.3. The number of rotatable bonds is 7. The third-order valence-electron chi connectivity index (χ3n) is 3.90. The Hall–Kier alpha value is -1.76. The predicted molar refractivity (Wildman–Crippen MR) is 107 cm³/mol. The summed E-state index contributed by atoms with van der Waals surface area (Å²) in [5.74, 6) is -0.292. The van der Waals surface area contributed by atoms with Crippen molar-refractivity contribution in [3.05, 3.63) is 63.6 Å². The molecule has 8 heteroatoms. The molecule has 0 bridgehead atoms. The van der Waals surface area contributed by atoms with Crippen molar-refractivity contribution in [2.45, 2.75) is 12.8 Å². The van der Waals surface area contributed by atoms with E-state index in [1.807, 2.05) is 24.3 Å². The second-order valence-electron chi connectivity index (χ2n) is 5.88. The minimum atomic E-state index is -3.39. The van der Waals surface area contributed by atoms with Crippen molar-refractivity contribution in [2.75, 3.05) is 24.2 Å². The first kappa shape index (κ1) is 20.6. The molecular weight excluding hydrogens is 395 g/mol. The van der Waals surface area contributed by atoms with E-state index in [0.29, 0.717) is 22.8 Å². The highest BCUT2D eigenvalue weighted by atomic mass is 35.5. The van der Waals surface area contributed by atoms with Gasteiger partial charge in [-0.05, 0) is 48.7 Å². The average molecular weight is 415 g/mol. The van der Waals surface area contributed by atoms with Crippen molar-refractivity contribution in [3.8, 4) is 0 Å². The lowest BCUT2D eigenvalue weighted by Gasteiger charge is -2.17. The van der Waals surface area contributed by atoms with Gasteiger partial charge in [0.2, 0.25) is 10.0 Å². The molecular formula is C18H20Cl2N2O3S. The fourth-order valence-electron chi connectivity index (χ4n) is 2.32. The highest BCUT2D eigenvalue weighted by Crippen LogP contribution is 2.24. The van der Waals surface area contributed by atoms with E-state index in [4.69, 9.17) is 23.2 Å². The van der Waals surface area contributed by atoms with Gasteiger partial charge in [-0.2, -0.15) is 0 Å². The lowest BCUT2D eigenvalue weighted by molar-refractivity contribution is 0.0953. The van der Waals surface area contributed by atoms with Gasteiger partial charge in [-0.15, -0.1) is 0 Å². The van der Waals surface area contributed by atoms with E-state index in [-0.39, 0.29) is 10.9 Å². The molecule has 0 saturated carbocycles. The predicted octanol–water partition coefficient (Wildman–Crippen LogP) is 3.75. The van der Waals surface area contributed by atoms with Crippen LogP contribution in [0.3, 0.4) is 0 Å². The molecule has 26 heavy (non-hydrogen) atoms. The van der Waals surface area contributed by atoms with E-state index >= 15 is 0 Å². The summed E-state index contributed by atoms with van der Waals surface area (Å²) in [6, 6.07) is 12.1. The molecule has 0 radical (unpaired) electrons. The molecule has 140 valence electrons. The Morgan fingerprint density at radius 2 is 1.77 bits per heavy atom. The van der Waals surface area contributed by atoms with Gasteiger partial charge in [-0.3, -0.25) is 9.10 Å². The van der Waals surface area contributed by atoms with Crippen molar-refractivity contribution < 1.29 is 13.2 Å². The molecule has 1 amide bonds. The van der Waals surface area contributed by atoms with Gasteiger partial charge in [0, 0.05) is 18.6 Å². The number of nitrogens with zero attached hydrogens (tertiary/aromatic N) is 1. The van der Waals surface area contributed by atoms with Crippen LogP contribution in [0.15, 0.2) is 42.5 Å². The molecule has 5 nitrogen and oxygen atoms in total. The SMILES string of the molecule is CN(c1ccc(C(=O)NCCCc2ccc(Cl)cc2)c(Cl)c1)S(C)(=O)=O. The number of amides is 1. The fraction of sp³-hybridized carbons (Fsp3) is 0.278. The zero-order valence-electron chi connectivity index (χ0n) is 14.5. The van der Waals surface area contributed by atoms with E-state index in [2.05, 4.69) is 5.32 Å². The number of anilines is 1. The summed E-state index contributed by atoms with van der Waals surface area (Å²) in [5, 5.41) is 3.72. The van der Waals surface area contributed by atoms with Gasteiger partial charge in [-0.1, -0.05) is 35.3 Å². The molecule has 0 fully saturated rings. The summed E-state index contributed by atoms with van der Waals surface area (Å²) in [6.45, 7) is 0.503. The van der Waals surface area contributed by atoms with Crippen molar-refractivity contribution >= 4 is 44.8 Å². The molecule has 0 saturated heterocycles. The van der Waals surface area contributed by atoms with Crippen molar-refractivity contribution in [1.29, 1.82) is 0 Å². The van der Waals surface area contributed by atoms with Crippen LogP contribution >= 0.6 is 23.2 Å². The molecule has 0 aromatic heterocycles. The van der Waals surface area contributed by atoms with Crippen LogP contribution in [0, 0.1) is 0 Å². The Morgan fingerprint density at radius 3 is 2.35 bits per heavy atom. The number of aryl methyl sites for hydroxylation is 1. The van der Waals surface area contributed by atoms with Crippen LogP contribution in [0.2, 0.25) is 10.0 Å².